The highest BCUT2D eigenvalue weighted by Crippen LogP contribution is 2.26. The summed E-state index contributed by atoms with van der Waals surface area (Å²) in [5.41, 5.74) is 4.31. The number of para-hydroxylation sites is 2. The van der Waals surface area contributed by atoms with Gasteiger partial charge >= 0.3 is 0 Å². The lowest BCUT2D eigenvalue weighted by Crippen LogP contribution is -2.14. The van der Waals surface area contributed by atoms with Crippen LogP contribution in [0.15, 0.2) is 77.7 Å². The fraction of sp³-hybridized carbons (Fsp3) is 0.174. The number of fused-ring (bicyclic) bond motifs is 1. The van der Waals surface area contributed by atoms with Crippen molar-refractivity contribution in [3.8, 4) is 11.4 Å². The third-order valence-corrected chi connectivity index (χ3v) is 6.23. The van der Waals surface area contributed by atoms with E-state index in [1.807, 2.05) is 48.5 Å². The highest BCUT2D eigenvalue weighted by Gasteiger charge is 2.18. The summed E-state index contributed by atoms with van der Waals surface area (Å²) in [6.45, 7) is 6.29. The van der Waals surface area contributed by atoms with E-state index in [2.05, 4.69) is 35.5 Å². The molecule has 0 aliphatic rings. The zero-order valence-corrected chi connectivity index (χ0v) is 17.4. The van der Waals surface area contributed by atoms with Crippen molar-refractivity contribution in [2.45, 2.75) is 31.1 Å². The standard InChI is InChI=1S/C23H23N3O2S/c1-23(2,3)17-10-14-19(15-11-17)29(27,28)26-18-12-8-16(9-13-18)22-24-20-6-4-5-7-21(20)25-22/h4-15,26H,1-3H3,(H,24,25). The number of rotatable bonds is 4. The maximum atomic E-state index is 12.7. The van der Waals surface area contributed by atoms with Crippen molar-refractivity contribution in [1.29, 1.82) is 0 Å². The van der Waals surface area contributed by atoms with Gasteiger partial charge in [0.2, 0.25) is 0 Å². The van der Waals surface area contributed by atoms with E-state index in [1.54, 1.807) is 24.3 Å². The van der Waals surface area contributed by atoms with Crippen molar-refractivity contribution in [1.82, 2.24) is 9.97 Å². The number of benzene rings is 3. The smallest absolute Gasteiger partial charge is 0.261 e. The summed E-state index contributed by atoms with van der Waals surface area (Å²) in [6, 6.07) is 22.0. The number of aromatic nitrogens is 2. The Morgan fingerprint density at radius 2 is 1.52 bits per heavy atom. The van der Waals surface area contributed by atoms with Crippen LogP contribution in [0.1, 0.15) is 26.3 Å². The van der Waals surface area contributed by atoms with Crippen LogP contribution in [-0.4, -0.2) is 18.4 Å². The lowest BCUT2D eigenvalue weighted by molar-refractivity contribution is 0.587. The molecule has 2 N–H and O–H groups in total. The van der Waals surface area contributed by atoms with E-state index in [9.17, 15) is 8.42 Å². The average Bonchev–Trinajstić information content (AvgIpc) is 3.12. The highest BCUT2D eigenvalue weighted by molar-refractivity contribution is 7.92. The van der Waals surface area contributed by atoms with Crippen LogP contribution in [0.5, 0.6) is 0 Å². The van der Waals surface area contributed by atoms with E-state index in [1.165, 1.54) is 0 Å². The fourth-order valence-corrected chi connectivity index (χ4v) is 4.19. The molecule has 0 spiro atoms. The molecule has 0 radical (unpaired) electrons. The Hall–Kier alpha value is -3.12. The molecule has 148 valence electrons. The molecule has 0 aliphatic carbocycles. The van der Waals surface area contributed by atoms with Gasteiger partial charge in [-0.05, 0) is 59.5 Å². The maximum absolute atomic E-state index is 12.7. The zero-order chi connectivity index (χ0) is 20.6. The van der Waals surface area contributed by atoms with Gasteiger partial charge in [0.1, 0.15) is 5.82 Å². The topological polar surface area (TPSA) is 74.8 Å². The summed E-state index contributed by atoms with van der Waals surface area (Å²) in [5.74, 6) is 0.748. The molecule has 0 fully saturated rings. The minimum Gasteiger partial charge on any atom is -0.338 e. The fourth-order valence-electron chi connectivity index (χ4n) is 3.13. The Kier molecular flexibility index (Phi) is 4.67. The number of sulfonamides is 1. The van der Waals surface area contributed by atoms with Crippen molar-refractivity contribution in [2.75, 3.05) is 4.72 Å². The molecule has 0 unspecified atom stereocenters. The van der Waals surface area contributed by atoms with Gasteiger partial charge in [-0.15, -0.1) is 0 Å². The summed E-state index contributed by atoms with van der Waals surface area (Å²) in [4.78, 5) is 8.08. The molecule has 0 saturated carbocycles. The van der Waals surface area contributed by atoms with Crippen LogP contribution in [0.25, 0.3) is 22.4 Å². The van der Waals surface area contributed by atoms with Gasteiger partial charge in [-0.1, -0.05) is 45.0 Å². The van der Waals surface area contributed by atoms with Crippen LogP contribution in [-0.2, 0) is 15.4 Å². The molecule has 0 saturated heterocycles. The first kappa shape index (κ1) is 19.2. The molecule has 0 bridgehead atoms. The number of hydrogen-bond acceptors (Lipinski definition) is 3. The molecule has 0 atom stereocenters. The maximum Gasteiger partial charge on any atom is 0.261 e. The molecule has 0 amide bonds. The van der Waals surface area contributed by atoms with Crippen molar-refractivity contribution in [3.63, 3.8) is 0 Å². The van der Waals surface area contributed by atoms with Crippen molar-refractivity contribution in [3.05, 3.63) is 78.4 Å². The Morgan fingerprint density at radius 1 is 0.862 bits per heavy atom. The lowest BCUT2D eigenvalue weighted by atomic mass is 9.87. The number of hydrogen-bond donors (Lipinski definition) is 2. The number of H-pyrrole nitrogens is 1. The Labute approximate surface area is 170 Å². The van der Waals surface area contributed by atoms with Crippen LogP contribution in [0.3, 0.4) is 0 Å². The van der Waals surface area contributed by atoms with Gasteiger partial charge in [0, 0.05) is 11.3 Å². The Balaban J connectivity index is 1.54. The summed E-state index contributed by atoms with van der Waals surface area (Å²) in [7, 11) is -3.65. The van der Waals surface area contributed by atoms with Crippen LogP contribution in [0.2, 0.25) is 0 Å². The zero-order valence-electron chi connectivity index (χ0n) is 16.6. The van der Waals surface area contributed by atoms with Gasteiger partial charge in [0.05, 0.1) is 15.9 Å². The van der Waals surface area contributed by atoms with Gasteiger partial charge in [-0.3, -0.25) is 4.72 Å². The number of nitrogens with zero attached hydrogens (tertiary/aromatic N) is 1. The third kappa shape index (κ3) is 4.03. The second-order valence-corrected chi connectivity index (χ2v) is 9.74. The molecular weight excluding hydrogens is 382 g/mol. The predicted octanol–water partition coefficient (Wildman–Crippen LogP) is 5.33. The Bertz CT molecular complexity index is 1220. The van der Waals surface area contributed by atoms with E-state index in [0.717, 1.165) is 28.0 Å². The molecular formula is C23H23N3O2S. The van der Waals surface area contributed by atoms with Crippen molar-refractivity contribution in [2.24, 2.45) is 0 Å². The number of aromatic amines is 1. The molecule has 29 heavy (non-hydrogen) atoms. The average molecular weight is 406 g/mol. The number of imidazole rings is 1. The first-order chi connectivity index (χ1) is 13.7. The molecule has 1 aromatic heterocycles. The van der Waals surface area contributed by atoms with E-state index in [4.69, 9.17) is 0 Å². The second kappa shape index (κ2) is 7.04. The summed E-state index contributed by atoms with van der Waals surface area (Å²) < 4.78 is 28.1. The second-order valence-electron chi connectivity index (χ2n) is 8.06. The van der Waals surface area contributed by atoms with Crippen LogP contribution >= 0.6 is 0 Å². The normalized spacial score (nSPS) is 12.2. The first-order valence-electron chi connectivity index (χ1n) is 9.41. The van der Waals surface area contributed by atoms with Gasteiger partial charge in [0.25, 0.3) is 10.0 Å². The third-order valence-electron chi connectivity index (χ3n) is 4.83. The summed E-state index contributed by atoms with van der Waals surface area (Å²) >= 11 is 0. The molecule has 4 rings (SSSR count). The van der Waals surface area contributed by atoms with Gasteiger partial charge in [0.15, 0.2) is 0 Å². The highest BCUT2D eigenvalue weighted by atomic mass is 32.2. The number of anilines is 1. The lowest BCUT2D eigenvalue weighted by Gasteiger charge is -2.19. The molecule has 0 aliphatic heterocycles. The molecule has 1 heterocycles. The van der Waals surface area contributed by atoms with Crippen LogP contribution < -0.4 is 4.72 Å². The Morgan fingerprint density at radius 3 is 2.14 bits per heavy atom. The van der Waals surface area contributed by atoms with Crippen molar-refractivity contribution < 1.29 is 8.42 Å². The quantitative estimate of drug-likeness (QED) is 0.482. The van der Waals surface area contributed by atoms with Gasteiger partial charge in [-0.25, -0.2) is 13.4 Å². The van der Waals surface area contributed by atoms with Crippen molar-refractivity contribution >= 4 is 26.7 Å². The molecule has 5 nitrogen and oxygen atoms in total. The van der Waals surface area contributed by atoms with E-state index in [-0.39, 0.29) is 10.3 Å². The minimum atomic E-state index is -3.65. The summed E-state index contributed by atoms with van der Waals surface area (Å²) in [6.07, 6.45) is 0. The molecule has 4 aromatic rings. The minimum absolute atomic E-state index is 0.0256. The van der Waals surface area contributed by atoms with E-state index >= 15 is 0 Å². The largest absolute Gasteiger partial charge is 0.338 e. The van der Waals surface area contributed by atoms with Gasteiger partial charge in [-0.2, -0.15) is 0 Å². The van der Waals surface area contributed by atoms with E-state index in [0.29, 0.717) is 5.69 Å². The first-order valence-corrected chi connectivity index (χ1v) is 10.9. The summed E-state index contributed by atoms with van der Waals surface area (Å²) in [5, 5.41) is 0. The van der Waals surface area contributed by atoms with Crippen LogP contribution in [0, 0.1) is 0 Å². The van der Waals surface area contributed by atoms with Crippen LogP contribution in [0.4, 0.5) is 5.69 Å². The monoisotopic (exact) mass is 405 g/mol. The van der Waals surface area contributed by atoms with E-state index < -0.39 is 10.0 Å². The van der Waals surface area contributed by atoms with Gasteiger partial charge < -0.3 is 4.98 Å². The SMILES string of the molecule is CC(C)(C)c1ccc(S(=O)(=O)Nc2ccc(-c3nc4ccccc4[nH]3)cc2)cc1. The number of nitrogens with one attached hydrogen (secondary N) is 2. The molecule has 3 aromatic carbocycles. The molecule has 6 heteroatoms. The predicted molar refractivity (Wildman–Crippen MR) is 117 cm³/mol.